The van der Waals surface area contributed by atoms with Crippen molar-refractivity contribution in [2.75, 3.05) is 13.6 Å². The van der Waals surface area contributed by atoms with Gasteiger partial charge in [-0.3, -0.25) is 19.3 Å². The van der Waals surface area contributed by atoms with E-state index in [0.717, 1.165) is 0 Å². The normalized spacial score (nSPS) is 16.1. The summed E-state index contributed by atoms with van der Waals surface area (Å²) < 4.78 is 0. The Balaban J connectivity index is 2.02. The molecule has 1 aromatic carbocycles. The summed E-state index contributed by atoms with van der Waals surface area (Å²) in [7, 11) is 1.18. The van der Waals surface area contributed by atoms with Gasteiger partial charge in [0.15, 0.2) is 0 Å². The Bertz CT molecular complexity index is 707. The molecule has 0 radical (unpaired) electrons. The summed E-state index contributed by atoms with van der Waals surface area (Å²) in [5.74, 6) is -2.55. The van der Waals surface area contributed by atoms with Crippen LogP contribution in [-0.4, -0.2) is 47.1 Å². The van der Waals surface area contributed by atoms with Crippen molar-refractivity contribution in [1.29, 1.82) is 0 Å². The van der Waals surface area contributed by atoms with Gasteiger partial charge < -0.3 is 5.32 Å². The molecule has 0 spiro atoms. The number of hydrogen-bond acceptors (Lipinski definition) is 4. The first kappa shape index (κ1) is 17.2. The number of carbonyl (C=O) groups is 4. The van der Waals surface area contributed by atoms with Crippen molar-refractivity contribution in [3.8, 4) is 0 Å². The summed E-state index contributed by atoms with van der Waals surface area (Å²) in [4.78, 5) is 47.9. The highest BCUT2D eigenvalue weighted by Crippen LogP contribution is 2.25. The fourth-order valence-electron chi connectivity index (χ4n) is 2.05. The van der Waals surface area contributed by atoms with E-state index in [1.165, 1.54) is 7.05 Å². The molecule has 7 nitrogen and oxygen atoms in total. The van der Waals surface area contributed by atoms with Crippen LogP contribution in [0, 0.1) is 0 Å². The Labute approximate surface area is 142 Å². The Kier molecular flexibility index (Phi) is 4.91. The van der Waals surface area contributed by atoms with Crippen molar-refractivity contribution in [2.24, 2.45) is 0 Å². The standard InChI is InChI=1S/C14H13Cl2N3O4/c1-7(8-3-4-9(15)10(16)5-8)17-11(20)6-19-13(22)12(21)18(2)14(19)23/h3-5,7H,6H2,1-2H3,(H,17,20)/t7-/m0/s1. The molecule has 1 atom stereocenters. The van der Waals surface area contributed by atoms with Gasteiger partial charge in [-0.25, -0.2) is 9.69 Å². The van der Waals surface area contributed by atoms with Gasteiger partial charge in [0.25, 0.3) is 0 Å². The van der Waals surface area contributed by atoms with E-state index in [1.54, 1.807) is 25.1 Å². The summed E-state index contributed by atoms with van der Waals surface area (Å²) in [6.45, 7) is 1.18. The third kappa shape index (κ3) is 3.46. The average molecular weight is 358 g/mol. The summed E-state index contributed by atoms with van der Waals surface area (Å²) in [5, 5.41) is 3.37. The molecule has 9 heteroatoms. The van der Waals surface area contributed by atoms with E-state index in [-0.39, 0.29) is 0 Å². The Morgan fingerprint density at radius 3 is 2.35 bits per heavy atom. The quantitative estimate of drug-likeness (QED) is 0.654. The molecule has 0 aliphatic carbocycles. The van der Waals surface area contributed by atoms with Gasteiger partial charge in [0.2, 0.25) is 5.91 Å². The minimum absolute atomic E-state index is 0.349. The van der Waals surface area contributed by atoms with Crippen LogP contribution >= 0.6 is 23.2 Å². The van der Waals surface area contributed by atoms with Crippen molar-refractivity contribution < 1.29 is 19.2 Å². The second kappa shape index (κ2) is 6.55. The van der Waals surface area contributed by atoms with Crippen LogP contribution in [0.25, 0.3) is 0 Å². The molecule has 1 N–H and O–H groups in total. The number of amides is 5. The fraction of sp³-hybridized carbons (Fsp3) is 0.286. The van der Waals surface area contributed by atoms with Crippen LogP contribution in [0.1, 0.15) is 18.5 Å². The van der Waals surface area contributed by atoms with Crippen molar-refractivity contribution in [3.05, 3.63) is 33.8 Å². The zero-order chi connectivity index (χ0) is 17.3. The highest BCUT2D eigenvalue weighted by atomic mass is 35.5. The molecule has 1 aliphatic rings. The van der Waals surface area contributed by atoms with Crippen LogP contribution < -0.4 is 5.32 Å². The third-order valence-corrected chi connectivity index (χ3v) is 4.11. The second-order valence-corrected chi connectivity index (χ2v) is 5.82. The number of nitrogens with zero attached hydrogens (tertiary/aromatic N) is 2. The molecule has 0 bridgehead atoms. The van der Waals surface area contributed by atoms with E-state index in [1.807, 2.05) is 0 Å². The Morgan fingerprint density at radius 2 is 1.83 bits per heavy atom. The Hall–Kier alpha value is -2.12. The first-order chi connectivity index (χ1) is 10.7. The lowest BCUT2D eigenvalue weighted by molar-refractivity contribution is -0.143. The molecule has 1 fully saturated rings. The van der Waals surface area contributed by atoms with Crippen LogP contribution in [-0.2, 0) is 14.4 Å². The van der Waals surface area contributed by atoms with E-state index in [9.17, 15) is 19.2 Å². The van der Waals surface area contributed by atoms with Gasteiger partial charge in [-0.1, -0.05) is 29.3 Å². The van der Waals surface area contributed by atoms with Crippen LogP contribution in [0.2, 0.25) is 10.0 Å². The van der Waals surface area contributed by atoms with Gasteiger partial charge in [0.1, 0.15) is 6.54 Å². The van der Waals surface area contributed by atoms with E-state index in [2.05, 4.69) is 5.32 Å². The summed E-state index contributed by atoms with van der Waals surface area (Å²) in [6, 6.07) is 3.67. The molecular formula is C14H13Cl2N3O4. The van der Waals surface area contributed by atoms with Gasteiger partial charge in [-0.05, 0) is 24.6 Å². The summed E-state index contributed by atoms with van der Waals surface area (Å²) in [5.41, 5.74) is 0.708. The molecular weight excluding hydrogens is 345 g/mol. The zero-order valence-corrected chi connectivity index (χ0v) is 13.8. The molecule has 23 heavy (non-hydrogen) atoms. The van der Waals surface area contributed by atoms with Crippen LogP contribution in [0.3, 0.4) is 0 Å². The van der Waals surface area contributed by atoms with Gasteiger partial charge in [-0.15, -0.1) is 0 Å². The summed E-state index contributed by atoms with van der Waals surface area (Å²) >= 11 is 11.7. The van der Waals surface area contributed by atoms with Crippen LogP contribution in [0.15, 0.2) is 18.2 Å². The number of halogens is 2. The lowest BCUT2D eigenvalue weighted by Gasteiger charge is -2.17. The lowest BCUT2D eigenvalue weighted by Crippen LogP contribution is -2.41. The number of likely N-dealkylation sites (N-methyl/N-ethyl adjacent to an activating group) is 1. The molecule has 1 aliphatic heterocycles. The molecule has 5 amide bonds. The van der Waals surface area contributed by atoms with Gasteiger partial charge in [-0.2, -0.15) is 0 Å². The molecule has 2 rings (SSSR count). The minimum atomic E-state index is -1.02. The highest BCUT2D eigenvalue weighted by molar-refractivity contribution is 6.45. The minimum Gasteiger partial charge on any atom is -0.348 e. The topological polar surface area (TPSA) is 86.8 Å². The predicted molar refractivity (Wildman–Crippen MR) is 82.9 cm³/mol. The molecule has 0 saturated carbocycles. The maximum atomic E-state index is 12.0. The van der Waals surface area contributed by atoms with Gasteiger partial charge in [0.05, 0.1) is 16.1 Å². The molecule has 122 valence electrons. The Morgan fingerprint density at radius 1 is 1.17 bits per heavy atom. The van der Waals surface area contributed by atoms with E-state index in [0.29, 0.717) is 25.4 Å². The lowest BCUT2D eigenvalue weighted by atomic mass is 10.1. The number of hydrogen-bond donors (Lipinski definition) is 1. The highest BCUT2D eigenvalue weighted by Gasteiger charge is 2.43. The van der Waals surface area contributed by atoms with Crippen molar-refractivity contribution in [3.63, 3.8) is 0 Å². The maximum Gasteiger partial charge on any atom is 0.334 e. The average Bonchev–Trinajstić information content (AvgIpc) is 2.67. The van der Waals surface area contributed by atoms with Gasteiger partial charge in [0, 0.05) is 7.05 Å². The number of urea groups is 1. The van der Waals surface area contributed by atoms with Gasteiger partial charge >= 0.3 is 17.8 Å². The monoisotopic (exact) mass is 357 g/mol. The molecule has 1 aromatic rings. The number of imide groups is 2. The van der Waals surface area contributed by atoms with Crippen molar-refractivity contribution >= 4 is 47.0 Å². The first-order valence-corrected chi connectivity index (χ1v) is 7.35. The fourth-order valence-corrected chi connectivity index (χ4v) is 2.36. The molecule has 0 unspecified atom stereocenters. The van der Waals surface area contributed by atoms with Crippen LogP contribution in [0.5, 0.6) is 0 Å². The van der Waals surface area contributed by atoms with E-state index < -0.39 is 36.3 Å². The molecule has 1 heterocycles. The SMILES string of the molecule is C[C@H](NC(=O)CN1C(=O)C(=O)N(C)C1=O)c1ccc(Cl)c(Cl)c1. The van der Waals surface area contributed by atoms with Crippen molar-refractivity contribution in [2.45, 2.75) is 13.0 Å². The number of rotatable bonds is 4. The molecule has 1 saturated heterocycles. The zero-order valence-electron chi connectivity index (χ0n) is 12.3. The molecule has 0 aromatic heterocycles. The maximum absolute atomic E-state index is 12.0. The van der Waals surface area contributed by atoms with E-state index in [4.69, 9.17) is 23.2 Å². The number of carbonyl (C=O) groups excluding carboxylic acids is 4. The smallest absolute Gasteiger partial charge is 0.334 e. The van der Waals surface area contributed by atoms with Crippen molar-refractivity contribution in [1.82, 2.24) is 15.1 Å². The first-order valence-electron chi connectivity index (χ1n) is 6.60. The number of benzene rings is 1. The van der Waals surface area contributed by atoms with Crippen LogP contribution in [0.4, 0.5) is 4.79 Å². The van der Waals surface area contributed by atoms with E-state index >= 15 is 0 Å². The predicted octanol–water partition coefficient (Wildman–Crippen LogP) is 1.59. The second-order valence-electron chi connectivity index (χ2n) is 5.00. The largest absolute Gasteiger partial charge is 0.348 e. The summed E-state index contributed by atoms with van der Waals surface area (Å²) in [6.07, 6.45) is 0. The number of nitrogens with one attached hydrogen (secondary N) is 1. The third-order valence-electron chi connectivity index (χ3n) is 3.37.